The molecule has 0 radical (unpaired) electrons. The molecule has 0 saturated heterocycles. The van der Waals surface area contributed by atoms with Gasteiger partial charge in [-0.1, -0.05) is 6.07 Å². The van der Waals surface area contributed by atoms with Gasteiger partial charge >= 0.3 is 0 Å². The fraction of sp³-hybridized carbons (Fsp3) is 0.214. The molecule has 2 rings (SSSR count). The van der Waals surface area contributed by atoms with Crippen molar-refractivity contribution in [1.29, 1.82) is 0 Å². The van der Waals surface area contributed by atoms with Crippen molar-refractivity contribution in [3.05, 3.63) is 60.7 Å². The zero-order valence-corrected chi connectivity index (χ0v) is 13.7. The largest absolute Gasteiger partial charge is 0.341 e. The van der Waals surface area contributed by atoms with Crippen LogP contribution in [0.25, 0.3) is 0 Å². The molecule has 0 bridgehead atoms. The zero-order valence-electron chi connectivity index (χ0n) is 11.3. The second-order valence-electron chi connectivity index (χ2n) is 4.48. The molecule has 7 heteroatoms. The number of nitro benzene ring substituents is 1. The summed E-state index contributed by atoms with van der Waals surface area (Å²) in [6.45, 7) is 0.564. The van der Waals surface area contributed by atoms with Gasteiger partial charge in [0.25, 0.3) is 11.6 Å². The number of rotatable bonds is 5. The Morgan fingerprint density at radius 3 is 2.81 bits per heavy atom. The van der Waals surface area contributed by atoms with Gasteiger partial charge in [-0.3, -0.25) is 14.9 Å². The Labute approximate surface area is 134 Å². The van der Waals surface area contributed by atoms with E-state index in [4.69, 9.17) is 0 Å². The molecule has 0 aliphatic heterocycles. The number of benzene rings is 1. The van der Waals surface area contributed by atoms with Gasteiger partial charge in [0.05, 0.1) is 10.5 Å². The Hall–Kier alpha value is -1.73. The third kappa shape index (κ3) is 3.89. The number of hydrogen-bond acceptors (Lipinski definition) is 4. The number of nitrogens with zero attached hydrogens (tertiary/aromatic N) is 2. The number of non-ortho nitro benzene ring substituents is 1. The van der Waals surface area contributed by atoms with Crippen LogP contribution in [0.3, 0.4) is 0 Å². The summed E-state index contributed by atoms with van der Waals surface area (Å²) in [5.41, 5.74) is 0.214. The molecule has 1 aromatic heterocycles. The summed E-state index contributed by atoms with van der Waals surface area (Å²) in [7, 11) is 1.70. The predicted octanol–water partition coefficient (Wildman–Crippen LogP) is 3.73. The molecule has 0 aliphatic rings. The highest BCUT2D eigenvalue weighted by molar-refractivity contribution is 9.10. The number of amides is 1. The Bertz CT molecular complexity index is 658. The van der Waals surface area contributed by atoms with Gasteiger partial charge in [-0.05, 0) is 39.9 Å². The quantitative estimate of drug-likeness (QED) is 0.596. The van der Waals surface area contributed by atoms with Gasteiger partial charge in [-0.15, -0.1) is 11.3 Å². The molecular formula is C14H13BrN2O3S. The van der Waals surface area contributed by atoms with E-state index < -0.39 is 4.92 Å². The van der Waals surface area contributed by atoms with Crippen molar-refractivity contribution in [2.45, 2.75) is 6.42 Å². The van der Waals surface area contributed by atoms with Crippen LogP contribution in [0.15, 0.2) is 40.2 Å². The lowest BCUT2D eigenvalue weighted by atomic mass is 10.1. The molecule has 110 valence electrons. The van der Waals surface area contributed by atoms with Crippen LogP contribution in [0.5, 0.6) is 0 Å². The average Bonchev–Trinajstić information content (AvgIpc) is 2.97. The molecule has 0 spiro atoms. The third-order valence-electron chi connectivity index (χ3n) is 3.01. The summed E-state index contributed by atoms with van der Waals surface area (Å²) in [4.78, 5) is 25.5. The maximum Gasteiger partial charge on any atom is 0.270 e. The third-order valence-corrected chi connectivity index (χ3v) is 4.64. The Balaban J connectivity index is 2.11. The van der Waals surface area contributed by atoms with Crippen molar-refractivity contribution in [3.63, 3.8) is 0 Å². The Morgan fingerprint density at radius 2 is 2.19 bits per heavy atom. The minimum absolute atomic E-state index is 0.0896. The molecule has 0 atom stereocenters. The van der Waals surface area contributed by atoms with E-state index in [0.717, 1.165) is 6.42 Å². The first-order valence-electron chi connectivity index (χ1n) is 6.21. The van der Waals surface area contributed by atoms with Crippen molar-refractivity contribution in [1.82, 2.24) is 4.90 Å². The molecule has 1 amide bonds. The molecule has 0 N–H and O–H groups in total. The lowest BCUT2D eigenvalue weighted by molar-refractivity contribution is -0.384. The van der Waals surface area contributed by atoms with E-state index >= 15 is 0 Å². The highest BCUT2D eigenvalue weighted by Gasteiger charge is 2.18. The van der Waals surface area contributed by atoms with Crippen LogP contribution in [0.1, 0.15) is 15.2 Å². The minimum atomic E-state index is -0.505. The lowest BCUT2D eigenvalue weighted by Gasteiger charge is -2.17. The predicted molar refractivity (Wildman–Crippen MR) is 85.8 cm³/mol. The normalized spacial score (nSPS) is 10.4. The first kappa shape index (κ1) is 15.7. The van der Waals surface area contributed by atoms with E-state index in [9.17, 15) is 14.9 Å². The number of nitro groups is 1. The smallest absolute Gasteiger partial charge is 0.270 e. The topological polar surface area (TPSA) is 63.5 Å². The fourth-order valence-electron chi connectivity index (χ4n) is 1.83. The maximum absolute atomic E-state index is 12.4. The SMILES string of the molecule is CN(CCc1cccs1)C(=O)c1cc([N+](=O)[O-])ccc1Br. The van der Waals surface area contributed by atoms with E-state index in [0.29, 0.717) is 16.6 Å². The minimum Gasteiger partial charge on any atom is -0.341 e. The number of likely N-dealkylation sites (N-methyl/N-ethyl adjacent to an activating group) is 1. The standard InChI is InChI=1S/C14H13BrN2O3S/c1-16(7-6-11-3-2-8-21-11)14(18)12-9-10(17(19)20)4-5-13(12)15/h2-5,8-9H,6-7H2,1H3. The monoisotopic (exact) mass is 368 g/mol. The molecule has 0 saturated carbocycles. The van der Waals surface area contributed by atoms with Crippen LogP contribution in [-0.2, 0) is 6.42 Å². The number of thiophene rings is 1. The summed E-state index contributed by atoms with van der Waals surface area (Å²) in [6, 6.07) is 8.18. The summed E-state index contributed by atoms with van der Waals surface area (Å²) in [5, 5.41) is 12.8. The van der Waals surface area contributed by atoms with Gasteiger partial charge in [0.15, 0.2) is 0 Å². The highest BCUT2D eigenvalue weighted by atomic mass is 79.9. The zero-order chi connectivity index (χ0) is 15.4. The van der Waals surface area contributed by atoms with Crippen molar-refractivity contribution in [3.8, 4) is 0 Å². The Morgan fingerprint density at radius 1 is 1.43 bits per heavy atom. The van der Waals surface area contributed by atoms with Crippen molar-refractivity contribution in [2.24, 2.45) is 0 Å². The first-order valence-corrected chi connectivity index (χ1v) is 7.88. The second-order valence-corrected chi connectivity index (χ2v) is 6.36. The average molecular weight is 369 g/mol. The van der Waals surface area contributed by atoms with Gasteiger partial charge in [0.1, 0.15) is 0 Å². The number of carbonyl (C=O) groups excluding carboxylic acids is 1. The van der Waals surface area contributed by atoms with Gasteiger partial charge in [0, 0.05) is 35.1 Å². The maximum atomic E-state index is 12.4. The van der Waals surface area contributed by atoms with Crippen LogP contribution >= 0.6 is 27.3 Å². The van der Waals surface area contributed by atoms with Crippen LogP contribution in [0.4, 0.5) is 5.69 Å². The van der Waals surface area contributed by atoms with Crippen LogP contribution < -0.4 is 0 Å². The van der Waals surface area contributed by atoms with Gasteiger partial charge in [-0.25, -0.2) is 0 Å². The fourth-order valence-corrected chi connectivity index (χ4v) is 2.95. The van der Waals surface area contributed by atoms with E-state index in [1.807, 2.05) is 17.5 Å². The van der Waals surface area contributed by atoms with E-state index in [1.54, 1.807) is 23.3 Å². The summed E-state index contributed by atoms with van der Waals surface area (Å²) in [5.74, 6) is -0.234. The number of hydrogen-bond donors (Lipinski definition) is 0. The molecule has 0 aliphatic carbocycles. The molecule has 2 aromatic rings. The van der Waals surface area contributed by atoms with Crippen molar-refractivity contribution >= 4 is 38.9 Å². The van der Waals surface area contributed by atoms with E-state index in [1.165, 1.54) is 23.1 Å². The molecule has 1 aromatic carbocycles. The van der Waals surface area contributed by atoms with Crippen molar-refractivity contribution in [2.75, 3.05) is 13.6 Å². The van der Waals surface area contributed by atoms with Crippen LogP contribution in [0.2, 0.25) is 0 Å². The summed E-state index contributed by atoms with van der Waals surface area (Å²) in [6.07, 6.45) is 0.770. The highest BCUT2D eigenvalue weighted by Crippen LogP contribution is 2.23. The summed E-state index contributed by atoms with van der Waals surface area (Å²) >= 11 is 4.92. The molecule has 1 heterocycles. The molecule has 5 nitrogen and oxygen atoms in total. The lowest BCUT2D eigenvalue weighted by Crippen LogP contribution is -2.29. The van der Waals surface area contributed by atoms with E-state index in [2.05, 4.69) is 15.9 Å². The van der Waals surface area contributed by atoms with Crippen molar-refractivity contribution < 1.29 is 9.72 Å². The van der Waals surface area contributed by atoms with Gasteiger partial charge in [0.2, 0.25) is 0 Å². The second kappa shape index (κ2) is 6.82. The molecular weight excluding hydrogens is 356 g/mol. The van der Waals surface area contributed by atoms with E-state index in [-0.39, 0.29) is 11.6 Å². The molecule has 21 heavy (non-hydrogen) atoms. The molecule has 0 fully saturated rings. The number of carbonyl (C=O) groups is 1. The number of halogens is 1. The molecule has 0 unspecified atom stereocenters. The Kier molecular flexibility index (Phi) is 5.08. The van der Waals surface area contributed by atoms with Gasteiger partial charge in [-0.2, -0.15) is 0 Å². The van der Waals surface area contributed by atoms with Gasteiger partial charge < -0.3 is 4.90 Å². The van der Waals surface area contributed by atoms with Crippen LogP contribution in [-0.4, -0.2) is 29.3 Å². The first-order chi connectivity index (χ1) is 9.99. The van der Waals surface area contributed by atoms with Crippen LogP contribution in [0, 0.1) is 10.1 Å². The summed E-state index contributed by atoms with van der Waals surface area (Å²) < 4.78 is 0.557.